The van der Waals surface area contributed by atoms with Gasteiger partial charge in [0.25, 0.3) is 0 Å². The Bertz CT molecular complexity index is 641. The molecule has 1 heterocycles. The lowest BCUT2D eigenvalue weighted by Crippen LogP contribution is -2.45. The first-order chi connectivity index (χ1) is 12.0. The highest BCUT2D eigenvalue weighted by atomic mass is 16.6. The second-order valence-electron chi connectivity index (χ2n) is 8.54. The second-order valence-corrected chi connectivity index (χ2v) is 8.54. The van der Waals surface area contributed by atoms with Crippen molar-refractivity contribution in [2.45, 2.75) is 39.8 Å². The van der Waals surface area contributed by atoms with E-state index in [0.717, 1.165) is 5.56 Å². The lowest BCUT2D eigenvalue weighted by atomic mass is 9.79. The third-order valence-electron chi connectivity index (χ3n) is 4.72. The molecular formula is C20H30N2O4. The zero-order valence-electron chi connectivity index (χ0n) is 16.4. The number of carboxylic acid groups (broad SMARTS) is 1. The molecule has 0 aromatic heterocycles. The van der Waals surface area contributed by atoms with E-state index in [1.807, 2.05) is 58.0 Å². The van der Waals surface area contributed by atoms with Crippen molar-refractivity contribution in [3.05, 3.63) is 35.9 Å². The van der Waals surface area contributed by atoms with Crippen LogP contribution in [0.5, 0.6) is 0 Å². The SMILES string of the molecule is CN(CC1(C)CN(Cc2ccccc2)C[C@H]1C(=O)O)C(=O)OC(C)(C)C. The summed E-state index contributed by atoms with van der Waals surface area (Å²) in [5, 5.41) is 9.71. The van der Waals surface area contributed by atoms with Gasteiger partial charge in [-0.15, -0.1) is 0 Å². The zero-order valence-corrected chi connectivity index (χ0v) is 16.4. The number of aliphatic carboxylic acids is 1. The molecule has 1 N–H and O–H groups in total. The van der Waals surface area contributed by atoms with Crippen LogP contribution in [0.25, 0.3) is 0 Å². The molecule has 144 valence electrons. The Morgan fingerprint density at radius 1 is 1.31 bits per heavy atom. The molecule has 1 saturated heterocycles. The minimum Gasteiger partial charge on any atom is -0.481 e. The van der Waals surface area contributed by atoms with Gasteiger partial charge in [0.15, 0.2) is 0 Å². The molecule has 1 aromatic rings. The standard InChI is InChI=1S/C20H30N2O4/c1-19(2,3)26-18(25)21(5)13-20(4)14-22(12-16(20)17(23)24)11-15-9-7-6-8-10-15/h6-10,16H,11-14H2,1-5H3,(H,23,24)/t16-,20?/m0/s1. The molecule has 0 aliphatic carbocycles. The molecule has 1 aliphatic heterocycles. The van der Waals surface area contributed by atoms with E-state index in [0.29, 0.717) is 26.2 Å². The topological polar surface area (TPSA) is 70.1 Å². The summed E-state index contributed by atoms with van der Waals surface area (Å²) in [5.41, 5.74) is 0.0427. The van der Waals surface area contributed by atoms with Gasteiger partial charge in [-0.05, 0) is 26.3 Å². The van der Waals surface area contributed by atoms with Gasteiger partial charge in [0.1, 0.15) is 5.60 Å². The van der Waals surface area contributed by atoms with E-state index in [1.54, 1.807) is 7.05 Å². The molecule has 0 saturated carbocycles. The third kappa shape index (κ3) is 5.21. The Morgan fingerprint density at radius 2 is 1.92 bits per heavy atom. The average Bonchev–Trinajstić information content (AvgIpc) is 2.83. The molecule has 1 unspecified atom stereocenters. The summed E-state index contributed by atoms with van der Waals surface area (Å²) in [7, 11) is 1.66. The van der Waals surface area contributed by atoms with E-state index < -0.39 is 29.0 Å². The number of amides is 1. The number of ether oxygens (including phenoxy) is 1. The number of benzene rings is 1. The Labute approximate surface area is 155 Å². The fourth-order valence-electron chi connectivity index (χ4n) is 3.61. The summed E-state index contributed by atoms with van der Waals surface area (Å²) < 4.78 is 5.40. The molecule has 2 atom stereocenters. The highest BCUT2D eigenvalue weighted by molar-refractivity contribution is 5.72. The van der Waals surface area contributed by atoms with Crippen molar-refractivity contribution < 1.29 is 19.4 Å². The van der Waals surface area contributed by atoms with Crippen molar-refractivity contribution in [2.75, 3.05) is 26.7 Å². The summed E-state index contributed by atoms with van der Waals surface area (Å²) in [5.74, 6) is -1.35. The molecule has 1 aromatic carbocycles. The second kappa shape index (κ2) is 7.66. The van der Waals surface area contributed by atoms with Gasteiger partial charge in [-0.3, -0.25) is 9.69 Å². The summed E-state index contributed by atoms with van der Waals surface area (Å²) in [4.78, 5) is 27.8. The van der Waals surface area contributed by atoms with Crippen molar-refractivity contribution in [1.82, 2.24) is 9.80 Å². The van der Waals surface area contributed by atoms with Crippen LogP contribution in [0, 0.1) is 11.3 Å². The average molecular weight is 362 g/mol. The smallest absolute Gasteiger partial charge is 0.410 e. The molecule has 1 aliphatic rings. The molecule has 0 spiro atoms. The van der Waals surface area contributed by atoms with Crippen LogP contribution in [0.1, 0.15) is 33.3 Å². The molecule has 1 amide bonds. The molecule has 2 rings (SSSR count). The van der Waals surface area contributed by atoms with Gasteiger partial charge in [-0.2, -0.15) is 0 Å². The Morgan fingerprint density at radius 3 is 2.46 bits per heavy atom. The first-order valence-electron chi connectivity index (χ1n) is 8.93. The van der Waals surface area contributed by atoms with Crippen LogP contribution in [0.15, 0.2) is 30.3 Å². The number of carboxylic acids is 1. The van der Waals surface area contributed by atoms with Crippen molar-refractivity contribution in [3.63, 3.8) is 0 Å². The number of hydrogen-bond acceptors (Lipinski definition) is 4. The number of hydrogen-bond donors (Lipinski definition) is 1. The van der Waals surface area contributed by atoms with E-state index in [4.69, 9.17) is 4.74 Å². The monoisotopic (exact) mass is 362 g/mol. The lowest BCUT2D eigenvalue weighted by molar-refractivity contribution is -0.144. The van der Waals surface area contributed by atoms with Crippen LogP contribution < -0.4 is 0 Å². The molecule has 26 heavy (non-hydrogen) atoms. The van der Waals surface area contributed by atoms with Crippen molar-refractivity contribution in [1.29, 1.82) is 0 Å². The Kier molecular flexibility index (Phi) is 5.96. The molecular weight excluding hydrogens is 332 g/mol. The summed E-state index contributed by atoms with van der Waals surface area (Å²) in [6, 6.07) is 10.0. The van der Waals surface area contributed by atoms with Crippen molar-refractivity contribution >= 4 is 12.1 Å². The van der Waals surface area contributed by atoms with Crippen LogP contribution in [0.2, 0.25) is 0 Å². The maximum absolute atomic E-state index is 12.3. The van der Waals surface area contributed by atoms with Crippen molar-refractivity contribution in [2.24, 2.45) is 11.3 Å². The minimum absolute atomic E-state index is 0.337. The van der Waals surface area contributed by atoms with E-state index in [-0.39, 0.29) is 0 Å². The zero-order chi connectivity index (χ0) is 19.5. The van der Waals surface area contributed by atoms with Crippen LogP contribution in [0.3, 0.4) is 0 Å². The maximum atomic E-state index is 12.3. The summed E-state index contributed by atoms with van der Waals surface area (Å²) in [6.45, 7) is 9.53. The Balaban J connectivity index is 2.08. The summed E-state index contributed by atoms with van der Waals surface area (Å²) in [6.07, 6.45) is -0.427. The number of nitrogens with zero attached hydrogens (tertiary/aromatic N) is 2. The van der Waals surface area contributed by atoms with Crippen LogP contribution in [-0.4, -0.2) is 59.3 Å². The highest BCUT2D eigenvalue weighted by Crippen LogP contribution is 2.37. The Hall–Kier alpha value is -2.08. The van der Waals surface area contributed by atoms with Gasteiger partial charge >= 0.3 is 12.1 Å². The van der Waals surface area contributed by atoms with E-state index in [2.05, 4.69) is 4.90 Å². The van der Waals surface area contributed by atoms with Crippen molar-refractivity contribution in [3.8, 4) is 0 Å². The van der Waals surface area contributed by atoms with Crippen LogP contribution in [-0.2, 0) is 16.1 Å². The first-order valence-corrected chi connectivity index (χ1v) is 8.93. The van der Waals surface area contributed by atoms with Gasteiger partial charge in [0, 0.05) is 38.6 Å². The number of carbonyl (C=O) groups is 2. The molecule has 6 heteroatoms. The normalized spacial score (nSPS) is 23.7. The molecule has 1 fully saturated rings. The lowest BCUT2D eigenvalue weighted by Gasteiger charge is -2.34. The molecule has 0 bridgehead atoms. The van der Waals surface area contributed by atoms with Gasteiger partial charge in [-0.25, -0.2) is 4.79 Å². The van der Waals surface area contributed by atoms with Gasteiger partial charge < -0.3 is 14.7 Å². The van der Waals surface area contributed by atoms with Gasteiger partial charge in [-0.1, -0.05) is 37.3 Å². The van der Waals surface area contributed by atoms with Crippen LogP contribution in [0.4, 0.5) is 4.79 Å². The van der Waals surface area contributed by atoms with Gasteiger partial charge in [0.2, 0.25) is 0 Å². The molecule has 6 nitrogen and oxygen atoms in total. The van der Waals surface area contributed by atoms with Crippen LogP contribution >= 0.6 is 0 Å². The van der Waals surface area contributed by atoms with Gasteiger partial charge in [0.05, 0.1) is 5.92 Å². The van der Waals surface area contributed by atoms with E-state index >= 15 is 0 Å². The fourth-order valence-corrected chi connectivity index (χ4v) is 3.61. The van der Waals surface area contributed by atoms with E-state index in [9.17, 15) is 14.7 Å². The number of carbonyl (C=O) groups excluding carboxylic acids is 1. The first kappa shape index (κ1) is 20.2. The quantitative estimate of drug-likeness (QED) is 0.872. The minimum atomic E-state index is -0.819. The molecule has 0 radical (unpaired) electrons. The largest absolute Gasteiger partial charge is 0.481 e. The predicted molar refractivity (Wildman–Crippen MR) is 99.8 cm³/mol. The number of likely N-dealkylation sites (tertiary alicyclic amines) is 1. The fraction of sp³-hybridized carbons (Fsp3) is 0.600. The predicted octanol–water partition coefficient (Wildman–Crippen LogP) is 3.08. The summed E-state index contributed by atoms with van der Waals surface area (Å²) >= 11 is 0. The third-order valence-corrected chi connectivity index (χ3v) is 4.72. The number of rotatable bonds is 5. The maximum Gasteiger partial charge on any atom is 0.410 e. The highest BCUT2D eigenvalue weighted by Gasteiger charge is 2.48. The van der Waals surface area contributed by atoms with E-state index in [1.165, 1.54) is 4.90 Å².